The lowest BCUT2D eigenvalue weighted by Crippen LogP contribution is -2.51. The van der Waals surface area contributed by atoms with Crippen LogP contribution in [0.5, 0.6) is 0 Å². The standard InChI is InChI=1S/C11H21B2ClN3O4/c1-12-21-17-11(16-13(2)19)15-9-6-7(10(18)20-3)4-5-8(9)14/h7-9,19H,4-6H2,1-3H3,(H2,15,16,17). The predicted molar refractivity (Wildman–Crippen MR) is 83.0 cm³/mol. The van der Waals surface area contributed by atoms with Crippen LogP contribution in [-0.2, 0) is 14.3 Å². The number of halogens is 1. The van der Waals surface area contributed by atoms with E-state index in [1.165, 1.54) is 21.4 Å². The number of nitrogens with zero attached hydrogens (tertiary/aromatic N) is 1. The van der Waals surface area contributed by atoms with Gasteiger partial charge in [0, 0.05) is 6.04 Å². The van der Waals surface area contributed by atoms with E-state index in [4.69, 9.17) is 21.1 Å². The molecule has 0 aromatic rings. The van der Waals surface area contributed by atoms with Gasteiger partial charge in [0.2, 0.25) is 5.96 Å². The number of alkyl halides is 1. The van der Waals surface area contributed by atoms with E-state index >= 15 is 0 Å². The van der Waals surface area contributed by atoms with Crippen LogP contribution in [0.3, 0.4) is 0 Å². The molecular formula is C11H21B2ClN3O4. The second-order valence-corrected chi connectivity index (χ2v) is 5.43. The molecule has 0 aromatic heterocycles. The zero-order valence-electron chi connectivity index (χ0n) is 12.5. The summed E-state index contributed by atoms with van der Waals surface area (Å²) in [6.45, 7) is 3.22. The number of nitrogens with one attached hydrogen (secondary N) is 2. The summed E-state index contributed by atoms with van der Waals surface area (Å²) in [5.74, 6) is -0.149. The first-order chi connectivity index (χ1) is 9.97. The van der Waals surface area contributed by atoms with Gasteiger partial charge in [0.25, 0.3) is 0 Å². The van der Waals surface area contributed by atoms with Gasteiger partial charge >= 0.3 is 20.5 Å². The van der Waals surface area contributed by atoms with E-state index in [1.807, 2.05) is 0 Å². The van der Waals surface area contributed by atoms with E-state index in [0.29, 0.717) is 19.3 Å². The van der Waals surface area contributed by atoms with Crippen molar-refractivity contribution in [3.05, 3.63) is 0 Å². The van der Waals surface area contributed by atoms with Crippen LogP contribution >= 0.6 is 11.6 Å². The van der Waals surface area contributed by atoms with Gasteiger partial charge in [0.1, 0.15) is 0 Å². The van der Waals surface area contributed by atoms with E-state index in [0.717, 1.165) is 0 Å². The molecule has 1 radical (unpaired) electrons. The molecule has 1 rings (SSSR count). The maximum Gasteiger partial charge on any atom is 0.431 e. The molecule has 3 N–H and O–H groups in total. The Morgan fingerprint density at radius 2 is 2.24 bits per heavy atom. The summed E-state index contributed by atoms with van der Waals surface area (Å²) in [5.41, 5.74) is 2.58. The number of methoxy groups -OCH3 is 1. The molecule has 3 atom stereocenters. The molecule has 1 aliphatic rings. The highest BCUT2D eigenvalue weighted by Gasteiger charge is 2.34. The fourth-order valence-corrected chi connectivity index (χ4v) is 2.53. The van der Waals surface area contributed by atoms with Crippen molar-refractivity contribution in [1.82, 2.24) is 10.8 Å². The smallest absolute Gasteiger partial charge is 0.431 e. The molecular weight excluding hydrogens is 295 g/mol. The molecule has 1 aliphatic carbocycles. The van der Waals surface area contributed by atoms with Crippen LogP contribution in [0.2, 0.25) is 13.6 Å². The number of hydrogen-bond donors (Lipinski definition) is 3. The van der Waals surface area contributed by atoms with E-state index in [-0.39, 0.29) is 29.3 Å². The van der Waals surface area contributed by atoms with E-state index in [1.54, 1.807) is 6.82 Å². The highest BCUT2D eigenvalue weighted by atomic mass is 35.5. The summed E-state index contributed by atoms with van der Waals surface area (Å²) in [4.78, 5) is 15.6. The molecule has 1 saturated carbocycles. The summed E-state index contributed by atoms with van der Waals surface area (Å²) in [6, 6.07) is -0.171. The average Bonchev–Trinajstić information content (AvgIpc) is 2.45. The first kappa shape index (κ1) is 18.1. The third-order valence-corrected chi connectivity index (χ3v) is 3.73. The van der Waals surface area contributed by atoms with Gasteiger partial charge in [-0.1, -0.05) is 6.82 Å². The van der Waals surface area contributed by atoms with Crippen LogP contribution in [0.15, 0.2) is 4.90 Å². The van der Waals surface area contributed by atoms with Crippen molar-refractivity contribution in [1.29, 1.82) is 0 Å². The summed E-state index contributed by atoms with van der Waals surface area (Å²) >= 11 is 6.30. The van der Waals surface area contributed by atoms with Gasteiger partial charge in [-0.05, 0) is 26.1 Å². The SMILES string of the molecule is C[B]ON/C(=N/B(C)O)NC1CC(C(=O)OC)CCC1Cl. The molecule has 7 nitrogen and oxygen atoms in total. The zero-order chi connectivity index (χ0) is 15.8. The largest absolute Gasteiger partial charge is 0.469 e. The Balaban J connectivity index is 2.68. The molecule has 21 heavy (non-hydrogen) atoms. The van der Waals surface area contributed by atoms with Crippen LogP contribution in [0.1, 0.15) is 19.3 Å². The van der Waals surface area contributed by atoms with Crippen LogP contribution in [-0.4, -0.2) is 50.0 Å². The fourth-order valence-electron chi connectivity index (χ4n) is 2.23. The Kier molecular flexibility index (Phi) is 7.92. The van der Waals surface area contributed by atoms with Gasteiger partial charge in [-0.3, -0.25) is 15.2 Å². The first-order valence-corrected chi connectivity index (χ1v) is 7.35. The van der Waals surface area contributed by atoms with E-state index < -0.39 is 7.05 Å². The van der Waals surface area contributed by atoms with Crippen LogP contribution < -0.4 is 10.8 Å². The average molecular weight is 316 g/mol. The zero-order valence-corrected chi connectivity index (χ0v) is 13.3. The normalized spacial score (nSPS) is 26.0. The minimum Gasteiger partial charge on any atom is -0.469 e. The van der Waals surface area contributed by atoms with E-state index in [2.05, 4.69) is 15.7 Å². The molecule has 1 fully saturated rings. The molecule has 0 spiro atoms. The topological polar surface area (TPSA) is 92.2 Å². The van der Waals surface area contributed by atoms with Crippen molar-refractivity contribution in [2.24, 2.45) is 10.8 Å². The molecule has 0 aliphatic heterocycles. The minimum absolute atomic E-state index is 0.141. The Morgan fingerprint density at radius 1 is 1.52 bits per heavy atom. The van der Waals surface area contributed by atoms with Crippen molar-refractivity contribution in [2.45, 2.75) is 44.3 Å². The number of rotatable bonds is 5. The summed E-state index contributed by atoms with van der Waals surface area (Å²) in [7, 11) is 1.93. The lowest BCUT2D eigenvalue weighted by Gasteiger charge is -2.33. The van der Waals surface area contributed by atoms with Gasteiger partial charge < -0.3 is 19.8 Å². The second-order valence-electron chi connectivity index (χ2n) is 4.87. The Bertz CT molecular complexity index is 373. The lowest BCUT2D eigenvalue weighted by atomic mass is 9.85. The maximum absolute atomic E-state index is 11.6. The van der Waals surface area contributed by atoms with Crippen LogP contribution in [0, 0.1) is 5.92 Å². The Hall–Kier alpha value is -0.920. The molecule has 0 saturated heterocycles. The molecule has 10 heteroatoms. The molecule has 117 valence electrons. The molecule has 0 aromatic carbocycles. The summed E-state index contributed by atoms with van der Waals surface area (Å²) in [5, 5.41) is 12.3. The monoisotopic (exact) mass is 316 g/mol. The number of hydroxylamine groups is 1. The second kappa shape index (κ2) is 9.17. The highest BCUT2D eigenvalue weighted by Crippen LogP contribution is 2.28. The number of ether oxygens (including phenoxy) is 1. The lowest BCUT2D eigenvalue weighted by molar-refractivity contribution is -0.146. The van der Waals surface area contributed by atoms with Crippen molar-refractivity contribution in [3.8, 4) is 0 Å². The van der Waals surface area contributed by atoms with Gasteiger partial charge in [0.05, 0.1) is 18.4 Å². The van der Waals surface area contributed by atoms with Crippen LogP contribution in [0.4, 0.5) is 0 Å². The van der Waals surface area contributed by atoms with Crippen molar-refractivity contribution in [3.63, 3.8) is 0 Å². The van der Waals surface area contributed by atoms with Gasteiger partial charge in [-0.25, -0.2) is 0 Å². The summed E-state index contributed by atoms with van der Waals surface area (Å²) < 4.78 is 9.74. The van der Waals surface area contributed by atoms with Gasteiger partial charge in [-0.2, -0.15) is 0 Å². The van der Waals surface area contributed by atoms with Gasteiger partial charge in [-0.15, -0.1) is 11.6 Å². The Morgan fingerprint density at radius 3 is 2.81 bits per heavy atom. The van der Waals surface area contributed by atoms with Crippen molar-refractivity contribution >= 4 is 38.1 Å². The van der Waals surface area contributed by atoms with Crippen molar-refractivity contribution in [2.75, 3.05) is 7.11 Å². The molecule has 0 heterocycles. The number of hydrogen-bond acceptors (Lipinski definition) is 5. The molecule has 0 bridgehead atoms. The first-order valence-electron chi connectivity index (χ1n) is 6.91. The van der Waals surface area contributed by atoms with E-state index in [9.17, 15) is 9.82 Å². The van der Waals surface area contributed by atoms with Crippen LogP contribution in [0.25, 0.3) is 0 Å². The maximum atomic E-state index is 11.6. The summed E-state index contributed by atoms with van der Waals surface area (Å²) in [6.07, 6.45) is 1.94. The number of carbonyl (C=O) groups excluding carboxylic acids is 1. The molecule has 0 amide bonds. The Labute approximate surface area is 131 Å². The number of guanidine groups is 1. The minimum atomic E-state index is -0.894. The van der Waals surface area contributed by atoms with Crippen molar-refractivity contribution < 1.29 is 19.3 Å². The predicted octanol–water partition coefficient (Wildman–Crippen LogP) is 0.180. The highest BCUT2D eigenvalue weighted by molar-refractivity contribution is 6.48. The number of esters is 1. The third kappa shape index (κ3) is 6.15. The number of carbonyl (C=O) groups is 1. The quantitative estimate of drug-likeness (QED) is 0.167. The fraction of sp³-hybridized carbons (Fsp3) is 0.818. The van der Waals surface area contributed by atoms with Gasteiger partial charge in [0.15, 0.2) is 0 Å². The molecule has 3 unspecified atom stereocenters. The third-order valence-electron chi connectivity index (χ3n) is 3.21.